The average Bonchev–Trinajstić information content (AvgIpc) is 2.38. The Bertz CT molecular complexity index is 474. The molecule has 1 atom stereocenters. The van der Waals surface area contributed by atoms with Crippen LogP contribution in [0.1, 0.15) is 35.2 Å². The lowest BCUT2D eigenvalue weighted by Crippen LogP contribution is -2.10. The Hall–Kier alpha value is -2.15. The van der Waals surface area contributed by atoms with Crippen molar-refractivity contribution in [1.82, 2.24) is 0 Å². The van der Waals surface area contributed by atoms with Gasteiger partial charge in [-0.3, -0.25) is 4.79 Å². The minimum atomic E-state index is -0.815. The number of esters is 1. The SMILES string of the molecule is CCC(=O)C(C#N)c1cccc(C(=O)OC)c1. The smallest absolute Gasteiger partial charge is 0.337 e. The number of methoxy groups -OCH3 is 1. The highest BCUT2D eigenvalue weighted by Crippen LogP contribution is 2.19. The maximum atomic E-state index is 11.6. The second-order valence-electron chi connectivity index (χ2n) is 3.50. The van der Waals surface area contributed by atoms with Crippen molar-refractivity contribution in [3.05, 3.63) is 35.4 Å². The van der Waals surface area contributed by atoms with Crippen LogP contribution in [-0.2, 0) is 9.53 Å². The molecule has 0 aliphatic heterocycles. The molecule has 0 aliphatic carbocycles. The number of nitriles is 1. The third kappa shape index (κ3) is 2.91. The summed E-state index contributed by atoms with van der Waals surface area (Å²) in [5.41, 5.74) is 0.872. The Morgan fingerprint density at radius 1 is 1.47 bits per heavy atom. The summed E-state index contributed by atoms with van der Waals surface area (Å²) in [6.07, 6.45) is 0.292. The molecule has 0 bridgehead atoms. The molecule has 0 aromatic heterocycles. The highest BCUT2D eigenvalue weighted by Gasteiger charge is 2.19. The van der Waals surface area contributed by atoms with E-state index in [1.165, 1.54) is 13.2 Å². The highest BCUT2D eigenvalue weighted by atomic mass is 16.5. The van der Waals surface area contributed by atoms with Gasteiger partial charge >= 0.3 is 5.97 Å². The molecule has 4 nitrogen and oxygen atoms in total. The molecule has 1 aromatic carbocycles. The van der Waals surface area contributed by atoms with Crippen LogP contribution in [0.5, 0.6) is 0 Å². The molecule has 1 unspecified atom stereocenters. The number of carbonyl (C=O) groups is 2. The van der Waals surface area contributed by atoms with Gasteiger partial charge in [0.25, 0.3) is 0 Å². The van der Waals surface area contributed by atoms with Crippen molar-refractivity contribution >= 4 is 11.8 Å². The molecule has 1 aromatic rings. The normalized spacial score (nSPS) is 11.4. The van der Waals surface area contributed by atoms with Crippen LogP contribution in [0.2, 0.25) is 0 Å². The van der Waals surface area contributed by atoms with Gasteiger partial charge in [-0.15, -0.1) is 0 Å². The number of hydrogen-bond acceptors (Lipinski definition) is 4. The van der Waals surface area contributed by atoms with E-state index < -0.39 is 11.9 Å². The number of carbonyl (C=O) groups excluding carboxylic acids is 2. The Balaban J connectivity index is 3.10. The molecule has 0 radical (unpaired) electrons. The van der Waals surface area contributed by atoms with Crippen molar-refractivity contribution in [3.63, 3.8) is 0 Å². The zero-order valence-corrected chi connectivity index (χ0v) is 9.77. The highest BCUT2D eigenvalue weighted by molar-refractivity contribution is 5.91. The Labute approximate surface area is 99.8 Å². The lowest BCUT2D eigenvalue weighted by molar-refractivity contribution is -0.119. The second-order valence-corrected chi connectivity index (χ2v) is 3.50. The van der Waals surface area contributed by atoms with Gasteiger partial charge < -0.3 is 4.74 Å². The molecule has 17 heavy (non-hydrogen) atoms. The van der Waals surface area contributed by atoms with Gasteiger partial charge in [-0.05, 0) is 17.7 Å². The minimum absolute atomic E-state index is 0.158. The van der Waals surface area contributed by atoms with E-state index in [2.05, 4.69) is 4.74 Å². The maximum absolute atomic E-state index is 11.6. The summed E-state index contributed by atoms with van der Waals surface area (Å²) in [7, 11) is 1.29. The monoisotopic (exact) mass is 231 g/mol. The van der Waals surface area contributed by atoms with Gasteiger partial charge in [0.05, 0.1) is 18.7 Å². The fourth-order valence-electron chi connectivity index (χ4n) is 1.50. The molecule has 0 saturated carbocycles. The van der Waals surface area contributed by atoms with E-state index in [1.54, 1.807) is 25.1 Å². The summed E-state index contributed by atoms with van der Waals surface area (Å²) < 4.78 is 4.58. The van der Waals surface area contributed by atoms with E-state index in [1.807, 2.05) is 6.07 Å². The number of ether oxygens (including phenoxy) is 1. The zero-order valence-electron chi connectivity index (χ0n) is 9.77. The van der Waals surface area contributed by atoms with E-state index in [4.69, 9.17) is 5.26 Å². The Kier molecular flexibility index (Phi) is 4.41. The van der Waals surface area contributed by atoms with E-state index >= 15 is 0 Å². The number of benzene rings is 1. The van der Waals surface area contributed by atoms with E-state index in [-0.39, 0.29) is 5.78 Å². The molecule has 1 rings (SSSR count). The Morgan fingerprint density at radius 2 is 2.18 bits per heavy atom. The molecule has 0 saturated heterocycles. The Morgan fingerprint density at radius 3 is 2.71 bits per heavy atom. The fourth-order valence-corrected chi connectivity index (χ4v) is 1.50. The first-order valence-electron chi connectivity index (χ1n) is 5.24. The van der Waals surface area contributed by atoms with Gasteiger partial charge in [0.2, 0.25) is 0 Å². The molecule has 88 valence electrons. The molecule has 0 amide bonds. The topological polar surface area (TPSA) is 67.2 Å². The summed E-state index contributed by atoms with van der Waals surface area (Å²) in [6.45, 7) is 1.71. The first-order valence-corrected chi connectivity index (χ1v) is 5.24. The first kappa shape index (κ1) is 12.9. The fraction of sp³-hybridized carbons (Fsp3) is 0.308. The summed E-state index contributed by atoms with van der Waals surface area (Å²) in [6, 6.07) is 8.35. The maximum Gasteiger partial charge on any atom is 0.337 e. The van der Waals surface area contributed by atoms with Crippen LogP contribution in [0.25, 0.3) is 0 Å². The number of hydrogen-bond donors (Lipinski definition) is 0. The van der Waals surface area contributed by atoms with Crippen LogP contribution in [0.15, 0.2) is 24.3 Å². The van der Waals surface area contributed by atoms with Crippen molar-refractivity contribution in [1.29, 1.82) is 5.26 Å². The van der Waals surface area contributed by atoms with Crippen molar-refractivity contribution in [3.8, 4) is 6.07 Å². The largest absolute Gasteiger partial charge is 0.465 e. The number of ketones is 1. The number of Topliss-reactive ketones (excluding diaryl/α,β-unsaturated/α-hetero) is 1. The van der Waals surface area contributed by atoms with Crippen molar-refractivity contribution in [2.24, 2.45) is 0 Å². The van der Waals surface area contributed by atoms with Crippen molar-refractivity contribution < 1.29 is 14.3 Å². The first-order chi connectivity index (χ1) is 8.13. The van der Waals surface area contributed by atoms with Gasteiger partial charge in [-0.25, -0.2) is 4.79 Å². The van der Waals surface area contributed by atoms with Crippen LogP contribution < -0.4 is 0 Å². The van der Waals surface area contributed by atoms with Gasteiger partial charge in [0.15, 0.2) is 5.78 Å². The second kappa shape index (κ2) is 5.80. The van der Waals surface area contributed by atoms with Crippen LogP contribution in [0.4, 0.5) is 0 Å². The van der Waals surface area contributed by atoms with Crippen LogP contribution in [0.3, 0.4) is 0 Å². The van der Waals surface area contributed by atoms with Gasteiger partial charge in [0, 0.05) is 6.42 Å². The van der Waals surface area contributed by atoms with Gasteiger partial charge in [-0.2, -0.15) is 5.26 Å². The number of nitrogens with zero attached hydrogens (tertiary/aromatic N) is 1. The zero-order chi connectivity index (χ0) is 12.8. The summed E-state index contributed by atoms with van der Waals surface area (Å²) in [5, 5.41) is 8.98. The van der Waals surface area contributed by atoms with E-state index in [9.17, 15) is 9.59 Å². The molecule has 0 N–H and O–H groups in total. The van der Waals surface area contributed by atoms with Gasteiger partial charge in [-0.1, -0.05) is 19.1 Å². The molecular weight excluding hydrogens is 218 g/mol. The molecule has 0 fully saturated rings. The lowest BCUT2D eigenvalue weighted by atomic mass is 9.93. The molecular formula is C13H13NO3. The minimum Gasteiger partial charge on any atom is -0.465 e. The standard InChI is InChI=1S/C13H13NO3/c1-3-12(15)11(8-14)9-5-4-6-10(7-9)13(16)17-2/h4-7,11H,3H2,1-2H3. The predicted octanol–water partition coefficient (Wildman–Crippen LogP) is 2.06. The van der Waals surface area contributed by atoms with E-state index in [0.717, 1.165) is 0 Å². The molecule has 0 heterocycles. The van der Waals surface area contributed by atoms with Crippen LogP contribution in [0, 0.1) is 11.3 Å². The molecule has 0 spiro atoms. The van der Waals surface area contributed by atoms with E-state index in [0.29, 0.717) is 17.5 Å². The lowest BCUT2D eigenvalue weighted by Gasteiger charge is -2.08. The average molecular weight is 231 g/mol. The van der Waals surface area contributed by atoms with Crippen molar-refractivity contribution in [2.45, 2.75) is 19.3 Å². The predicted molar refractivity (Wildman–Crippen MR) is 61.4 cm³/mol. The summed E-state index contributed by atoms with van der Waals surface area (Å²) in [4.78, 5) is 22.9. The van der Waals surface area contributed by atoms with Crippen molar-refractivity contribution in [2.75, 3.05) is 7.11 Å². The van der Waals surface area contributed by atoms with Crippen LogP contribution >= 0.6 is 0 Å². The number of rotatable bonds is 4. The van der Waals surface area contributed by atoms with Crippen LogP contribution in [-0.4, -0.2) is 18.9 Å². The summed E-state index contributed by atoms with van der Waals surface area (Å²) >= 11 is 0. The molecule has 4 heteroatoms. The van der Waals surface area contributed by atoms with Gasteiger partial charge in [0.1, 0.15) is 5.92 Å². The molecule has 0 aliphatic rings. The third-order valence-electron chi connectivity index (χ3n) is 2.44. The third-order valence-corrected chi connectivity index (χ3v) is 2.44. The quantitative estimate of drug-likeness (QED) is 0.744. The summed E-state index contributed by atoms with van der Waals surface area (Å²) in [5.74, 6) is -1.45.